The van der Waals surface area contributed by atoms with Gasteiger partial charge in [-0.05, 0) is 48.0 Å². The van der Waals surface area contributed by atoms with Crippen molar-refractivity contribution < 1.29 is 13.9 Å². The van der Waals surface area contributed by atoms with Crippen molar-refractivity contribution in [2.24, 2.45) is 0 Å². The molecule has 0 aliphatic heterocycles. The molecule has 132 valence electrons. The van der Waals surface area contributed by atoms with Crippen LogP contribution in [-0.4, -0.2) is 22.9 Å². The van der Waals surface area contributed by atoms with Gasteiger partial charge in [-0.1, -0.05) is 24.3 Å². The maximum Gasteiger partial charge on any atom is 0.231 e. The fraction of sp³-hybridized carbons (Fsp3) is 0.0455. The van der Waals surface area contributed by atoms with E-state index in [2.05, 4.69) is 9.97 Å². The quantitative estimate of drug-likeness (QED) is 0.384. The molecule has 4 rings (SSSR count). The molecular formula is C22H16N2O3. The molecule has 0 radical (unpaired) electrons. The first-order chi connectivity index (χ1) is 13.2. The molecule has 5 nitrogen and oxygen atoms in total. The number of nitrogens with zero attached hydrogens (tertiary/aromatic N) is 2. The molecule has 0 unspecified atom stereocenters. The summed E-state index contributed by atoms with van der Waals surface area (Å²) in [6, 6.07) is 18.1. The first kappa shape index (κ1) is 16.7. The number of ether oxygens (including phenoxy) is 1. The zero-order valence-electron chi connectivity index (χ0n) is 14.6. The van der Waals surface area contributed by atoms with Crippen LogP contribution < -0.4 is 4.74 Å². The van der Waals surface area contributed by atoms with Crippen LogP contribution in [0.5, 0.6) is 5.75 Å². The fourth-order valence-corrected chi connectivity index (χ4v) is 2.76. The smallest absolute Gasteiger partial charge is 0.231 e. The van der Waals surface area contributed by atoms with Gasteiger partial charge in [-0.3, -0.25) is 9.78 Å². The maximum atomic E-state index is 13.3. The molecular weight excluding hydrogens is 340 g/mol. The fourth-order valence-electron chi connectivity index (χ4n) is 2.76. The minimum Gasteiger partial charge on any atom is -0.497 e. The van der Waals surface area contributed by atoms with Gasteiger partial charge in [0.2, 0.25) is 5.89 Å². The van der Waals surface area contributed by atoms with Crippen molar-refractivity contribution in [3.05, 3.63) is 90.1 Å². The highest BCUT2D eigenvalue weighted by Gasteiger charge is 2.20. The molecule has 0 saturated carbocycles. The number of rotatable bonds is 5. The predicted octanol–water partition coefficient (Wildman–Crippen LogP) is 4.65. The van der Waals surface area contributed by atoms with Crippen molar-refractivity contribution in [1.29, 1.82) is 0 Å². The second-order valence-corrected chi connectivity index (χ2v) is 5.89. The molecule has 5 heteroatoms. The number of aromatic nitrogens is 2. The molecule has 0 aliphatic carbocycles. The Bertz CT molecular complexity index is 1100. The van der Waals surface area contributed by atoms with Crippen molar-refractivity contribution >= 4 is 28.5 Å². The van der Waals surface area contributed by atoms with Gasteiger partial charge < -0.3 is 9.15 Å². The molecule has 0 saturated heterocycles. The molecule has 0 N–H and O–H groups in total. The molecule has 27 heavy (non-hydrogen) atoms. The van der Waals surface area contributed by atoms with Crippen molar-refractivity contribution in [3.8, 4) is 5.75 Å². The first-order valence-electron chi connectivity index (χ1n) is 8.41. The van der Waals surface area contributed by atoms with Gasteiger partial charge in [0.1, 0.15) is 11.3 Å². The lowest BCUT2D eigenvalue weighted by Gasteiger charge is -2.06. The predicted molar refractivity (Wildman–Crippen MR) is 103 cm³/mol. The van der Waals surface area contributed by atoms with E-state index in [1.165, 1.54) is 0 Å². The Morgan fingerprint density at radius 1 is 1.04 bits per heavy atom. The number of oxazole rings is 1. The summed E-state index contributed by atoms with van der Waals surface area (Å²) >= 11 is 0. The maximum absolute atomic E-state index is 13.3. The summed E-state index contributed by atoms with van der Waals surface area (Å²) in [5, 5.41) is 0. The van der Waals surface area contributed by atoms with E-state index in [9.17, 15) is 4.79 Å². The number of hydrogen-bond acceptors (Lipinski definition) is 5. The molecule has 2 aromatic carbocycles. The van der Waals surface area contributed by atoms with E-state index in [0.29, 0.717) is 28.0 Å². The van der Waals surface area contributed by atoms with Crippen LogP contribution in [0.25, 0.3) is 22.7 Å². The monoisotopic (exact) mass is 356 g/mol. The second kappa shape index (κ2) is 7.25. The number of Topliss-reactive ketones (excluding diaryl/α,β-unsaturated/α-hetero) is 1. The van der Waals surface area contributed by atoms with Crippen LogP contribution in [0.2, 0.25) is 0 Å². The van der Waals surface area contributed by atoms with Gasteiger partial charge >= 0.3 is 0 Å². The minimum atomic E-state index is -0.197. The molecule has 2 aromatic heterocycles. The van der Waals surface area contributed by atoms with Crippen molar-refractivity contribution in [1.82, 2.24) is 9.97 Å². The number of pyridine rings is 1. The van der Waals surface area contributed by atoms with Gasteiger partial charge in [0.25, 0.3) is 0 Å². The molecule has 0 bridgehead atoms. The van der Waals surface area contributed by atoms with Crippen LogP contribution in [0.1, 0.15) is 21.8 Å². The zero-order chi connectivity index (χ0) is 18.6. The number of hydrogen-bond donors (Lipinski definition) is 0. The van der Waals surface area contributed by atoms with Crippen molar-refractivity contribution in [3.63, 3.8) is 0 Å². The number of para-hydroxylation sites is 2. The van der Waals surface area contributed by atoms with Gasteiger partial charge in [0, 0.05) is 18.0 Å². The lowest BCUT2D eigenvalue weighted by Crippen LogP contribution is -2.03. The first-order valence-corrected chi connectivity index (χ1v) is 8.41. The third-order valence-electron chi connectivity index (χ3n) is 4.12. The Labute approximate surface area is 156 Å². The normalized spacial score (nSPS) is 11.5. The van der Waals surface area contributed by atoms with Gasteiger partial charge in [0.05, 0.1) is 12.7 Å². The number of benzene rings is 2. The highest BCUT2D eigenvalue weighted by Crippen LogP contribution is 2.27. The Balaban J connectivity index is 1.85. The summed E-state index contributed by atoms with van der Waals surface area (Å²) in [6.07, 6.45) is 5.10. The van der Waals surface area contributed by atoms with Crippen LogP contribution >= 0.6 is 0 Å². The summed E-state index contributed by atoms with van der Waals surface area (Å²) in [4.78, 5) is 21.8. The van der Waals surface area contributed by atoms with E-state index < -0.39 is 0 Å². The highest BCUT2D eigenvalue weighted by atomic mass is 16.5. The van der Waals surface area contributed by atoms with E-state index in [1.807, 2.05) is 36.4 Å². The molecule has 0 atom stereocenters. The van der Waals surface area contributed by atoms with Crippen LogP contribution in [0, 0.1) is 0 Å². The molecule has 0 amide bonds. The highest BCUT2D eigenvalue weighted by molar-refractivity contribution is 6.31. The van der Waals surface area contributed by atoms with Crippen molar-refractivity contribution in [2.75, 3.05) is 7.11 Å². The van der Waals surface area contributed by atoms with Crippen LogP contribution in [-0.2, 0) is 0 Å². The SMILES string of the molecule is COc1cccc(C(=O)/C(=C/c2ccncc2)c2nc3ccccc3o2)c1. The summed E-state index contributed by atoms with van der Waals surface area (Å²) in [5.41, 5.74) is 3.03. The average molecular weight is 356 g/mol. The van der Waals surface area contributed by atoms with Gasteiger partial charge in [-0.2, -0.15) is 0 Å². The Kier molecular flexibility index (Phi) is 4.49. The lowest BCUT2D eigenvalue weighted by atomic mass is 10.0. The van der Waals surface area contributed by atoms with Gasteiger partial charge in [0.15, 0.2) is 11.4 Å². The number of ketones is 1. The molecule has 0 aliphatic rings. The largest absolute Gasteiger partial charge is 0.497 e. The molecule has 0 spiro atoms. The summed E-state index contributed by atoms with van der Waals surface area (Å²) in [6.45, 7) is 0. The van der Waals surface area contributed by atoms with Crippen LogP contribution in [0.15, 0.2) is 77.5 Å². The van der Waals surface area contributed by atoms with Gasteiger partial charge in [-0.15, -0.1) is 0 Å². The average Bonchev–Trinajstić information content (AvgIpc) is 3.16. The van der Waals surface area contributed by atoms with Crippen LogP contribution in [0.4, 0.5) is 0 Å². The Morgan fingerprint density at radius 2 is 1.85 bits per heavy atom. The third kappa shape index (κ3) is 3.48. The summed E-state index contributed by atoms with van der Waals surface area (Å²) in [7, 11) is 1.57. The lowest BCUT2D eigenvalue weighted by molar-refractivity contribution is 0.105. The van der Waals surface area contributed by atoms with E-state index >= 15 is 0 Å². The van der Waals surface area contributed by atoms with Gasteiger partial charge in [-0.25, -0.2) is 4.98 Å². The number of carbonyl (C=O) groups excluding carboxylic acids is 1. The Hall–Kier alpha value is -3.73. The minimum absolute atomic E-state index is 0.197. The molecule has 4 aromatic rings. The molecule has 2 heterocycles. The van der Waals surface area contributed by atoms with Crippen LogP contribution in [0.3, 0.4) is 0 Å². The summed E-state index contributed by atoms with van der Waals surface area (Å²) in [5.74, 6) is 0.694. The van der Waals surface area contributed by atoms with E-state index in [4.69, 9.17) is 9.15 Å². The van der Waals surface area contributed by atoms with E-state index in [-0.39, 0.29) is 11.7 Å². The van der Waals surface area contributed by atoms with Crippen molar-refractivity contribution in [2.45, 2.75) is 0 Å². The number of fused-ring (bicyclic) bond motifs is 1. The number of allylic oxidation sites excluding steroid dienone is 1. The Morgan fingerprint density at radius 3 is 2.63 bits per heavy atom. The number of methoxy groups -OCH3 is 1. The third-order valence-corrected chi connectivity index (χ3v) is 4.12. The standard InChI is InChI=1S/C22H16N2O3/c1-26-17-6-4-5-16(14-17)21(25)18(13-15-9-11-23-12-10-15)22-24-19-7-2-3-8-20(19)27-22/h2-14H,1H3/b18-13-. The van der Waals surface area contributed by atoms with E-state index in [0.717, 1.165) is 5.56 Å². The zero-order valence-corrected chi connectivity index (χ0v) is 14.6. The number of carbonyl (C=O) groups is 1. The summed E-state index contributed by atoms with van der Waals surface area (Å²) < 4.78 is 11.1. The topological polar surface area (TPSA) is 65.2 Å². The van der Waals surface area contributed by atoms with E-state index in [1.54, 1.807) is 49.8 Å². The molecule has 0 fully saturated rings. The second-order valence-electron chi connectivity index (χ2n) is 5.89.